The molecular weight excluding hydrogens is 400 g/mol. The maximum Gasteiger partial charge on any atom is 0.329 e. The summed E-state index contributed by atoms with van der Waals surface area (Å²) >= 11 is 0. The van der Waals surface area contributed by atoms with Crippen LogP contribution in [-0.2, 0) is 9.53 Å². The van der Waals surface area contributed by atoms with Crippen molar-refractivity contribution in [2.75, 3.05) is 7.11 Å². The van der Waals surface area contributed by atoms with E-state index in [2.05, 4.69) is 20.8 Å². The first-order valence-electron chi connectivity index (χ1n) is 11.7. The highest BCUT2D eigenvalue weighted by atomic mass is 16.5. The fourth-order valence-electron chi connectivity index (χ4n) is 4.98. The fourth-order valence-corrected chi connectivity index (χ4v) is 4.98. The zero-order valence-corrected chi connectivity index (χ0v) is 19.7. The summed E-state index contributed by atoms with van der Waals surface area (Å²) in [6, 6.07) is 15.2. The second-order valence-corrected chi connectivity index (χ2v) is 9.50. The standard InChI is InChI=1S/C27H34N2O3/c1-17(2)22-15-10-18(3)16-25(22)32-27(30)19(4)29-24-9-7-6-8-23(24)28-26(29)20-11-13-21(31-5)14-12-20/h6-9,11-14,17-19,22,25H,10,15-16H2,1-5H3/t18-,19-,22+,25?/m1/s1. The lowest BCUT2D eigenvalue weighted by Crippen LogP contribution is -2.37. The Labute approximate surface area is 190 Å². The molecule has 0 aliphatic heterocycles. The predicted octanol–water partition coefficient (Wildman–Crippen LogP) is 6.28. The van der Waals surface area contributed by atoms with E-state index >= 15 is 0 Å². The van der Waals surface area contributed by atoms with Crippen LogP contribution in [0.15, 0.2) is 48.5 Å². The number of methoxy groups -OCH3 is 1. The third-order valence-electron chi connectivity index (χ3n) is 6.90. The number of para-hydroxylation sites is 2. The van der Waals surface area contributed by atoms with Crippen molar-refractivity contribution >= 4 is 17.0 Å². The van der Waals surface area contributed by atoms with Gasteiger partial charge in [-0.25, -0.2) is 9.78 Å². The highest BCUT2D eigenvalue weighted by Crippen LogP contribution is 2.37. The van der Waals surface area contributed by atoms with Gasteiger partial charge in [0.25, 0.3) is 0 Å². The van der Waals surface area contributed by atoms with Gasteiger partial charge in [-0.1, -0.05) is 39.3 Å². The zero-order chi connectivity index (χ0) is 22.8. The van der Waals surface area contributed by atoms with Gasteiger partial charge >= 0.3 is 5.97 Å². The largest absolute Gasteiger partial charge is 0.497 e. The first kappa shape index (κ1) is 22.4. The van der Waals surface area contributed by atoms with Crippen molar-refractivity contribution < 1.29 is 14.3 Å². The molecule has 5 nitrogen and oxygen atoms in total. The van der Waals surface area contributed by atoms with Gasteiger partial charge in [-0.3, -0.25) is 0 Å². The summed E-state index contributed by atoms with van der Waals surface area (Å²) in [6.07, 6.45) is 3.25. The SMILES string of the molecule is COc1ccc(-c2nc3ccccc3n2[C@H](C)C(=O)OC2C[C@H](C)CC[C@H]2C(C)C)cc1. The molecule has 1 unspecified atom stereocenters. The van der Waals surface area contributed by atoms with Crippen molar-refractivity contribution in [2.24, 2.45) is 17.8 Å². The number of esters is 1. The molecule has 0 radical (unpaired) electrons. The molecule has 4 atom stereocenters. The molecule has 0 amide bonds. The smallest absolute Gasteiger partial charge is 0.329 e. The van der Waals surface area contributed by atoms with E-state index in [9.17, 15) is 4.79 Å². The van der Waals surface area contributed by atoms with Crippen molar-refractivity contribution in [3.8, 4) is 17.1 Å². The number of benzene rings is 2. The Morgan fingerprint density at radius 2 is 1.78 bits per heavy atom. The van der Waals surface area contributed by atoms with Crippen LogP contribution in [0.3, 0.4) is 0 Å². The molecule has 5 heteroatoms. The van der Waals surface area contributed by atoms with Gasteiger partial charge in [0.15, 0.2) is 0 Å². The molecule has 0 N–H and O–H groups in total. The highest BCUT2D eigenvalue weighted by Gasteiger charge is 2.35. The Bertz CT molecular complexity index is 1070. The van der Waals surface area contributed by atoms with Crippen molar-refractivity contribution in [1.29, 1.82) is 0 Å². The number of nitrogens with zero attached hydrogens (tertiary/aromatic N) is 2. The Balaban J connectivity index is 1.67. The quantitative estimate of drug-likeness (QED) is 0.429. The zero-order valence-electron chi connectivity index (χ0n) is 19.7. The van der Waals surface area contributed by atoms with Gasteiger partial charge in [0.2, 0.25) is 0 Å². The van der Waals surface area contributed by atoms with Gasteiger partial charge in [0.1, 0.15) is 23.7 Å². The third-order valence-corrected chi connectivity index (χ3v) is 6.90. The Hall–Kier alpha value is -2.82. The van der Waals surface area contributed by atoms with Crippen molar-refractivity contribution in [3.63, 3.8) is 0 Å². The molecule has 1 saturated carbocycles. The molecule has 1 aliphatic rings. The van der Waals surface area contributed by atoms with Crippen LogP contribution in [0.25, 0.3) is 22.4 Å². The second kappa shape index (κ2) is 9.35. The summed E-state index contributed by atoms with van der Waals surface area (Å²) in [6.45, 7) is 8.64. The molecule has 1 aliphatic carbocycles. The Kier molecular flexibility index (Phi) is 6.54. The van der Waals surface area contributed by atoms with Gasteiger partial charge in [-0.05, 0) is 73.9 Å². The van der Waals surface area contributed by atoms with Crippen molar-refractivity contribution in [2.45, 2.75) is 59.1 Å². The molecule has 0 saturated heterocycles. The summed E-state index contributed by atoms with van der Waals surface area (Å²) in [5, 5.41) is 0. The maximum absolute atomic E-state index is 13.4. The molecular formula is C27H34N2O3. The first-order valence-corrected chi connectivity index (χ1v) is 11.7. The lowest BCUT2D eigenvalue weighted by molar-refractivity contribution is -0.159. The summed E-state index contributed by atoms with van der Waals surface area (Å²) in [4.78, 5) is 18.3. The number of carbonyl (C=O) groups is 1. The molecule has 170 valence electrons. The van der Waals surface area contributed by atoms with Gasteiger partial charge < -0.3 is 14.0 Å². The van der Waals surface area contributed by atoms with Crippen LogP contribution in [0.4, 0.5) is 0 Å². The van der Waals surface area contributed by atoms with Gasteiger partial charge in [0.05, 0.1) is 18.1 Å². The number of hydrogen-bond acceptors (Lipinski definition) is 4. The van der Waals surface area contributed by atoms with E-state index in [0.717, 1.165) is 41.0 Å². The van der Waals surface area contributed by atoms with Gasteiger partial charge in [-0.2, -0.15) is 0 Å². The molecule has 1 fully saturated rings. The van der Waals surface area contributed by atoms with E-state index in [1.54, 1.807) is 7.11 Å². The molecule has 0 bridgehead atoms. The predicted molar refractivity (Wildman–Crippen MR) is 128 cm³/mol. The van der Waals surface area contributed by atoms with E-state index in [0.29, 0.717) is 17.8 Å². The topological polar surface area (TPSA) is 53.4 Å². The van der Waals surface area contributed by atoms with Crippen LogP contribution in [0.1, 0.15) is 53.0 Å². The second-order valence-electron chi connectivity index (χ2n) is 9.50. The summed E-state index contributed by atoms with van der Waals surface area (Å²) in [7, 11) is 1.65. The molecule has 2 aromatic carbocycles. The average molecular weight is 435 g/mol. The van der Waals surface area contributed by atoms with Crippen LogP contribution < -0.4 is 4.74 Å². The molecule has 4 rings (SSSR count). The lowest BCUT2D eigenvalue weighted by atomic mass is 9.75. The number of carbonyl (C=O) groups excluding carboxylic acids is 1. The first-order chi connectivity index (χ1) is 15.4. The van der Waals surface area contributed by atoms with Crippen LogP contribution in [0.5, 0.6) is 5.75 Å². The lowest BCUT2D eigenvalue weighted by Gasteiger charge is -2.37. The summed E-state index contributed by atoms with van der Waals surface area (Å²) in [5.74, 6) is 2.86. The average Bonchev–Trinajstić information content (AvgIpc) is 3.18. The van der Waals surface area contributed by atoms with Crippen LogP contribution in [0, 0.1) is 17.8 Å². The van der Waals surface area contributed by atoms with Crippen LogP contribution in [0.2, 0.25) is 0 Å². The number of imidazole rings is 1. The van der Waals surface area contributed by atoms with Crippen molar-refractivity contribution in [1.82, 2.24) is 9.55 Å². The van der Waals surface area contributed by atoms with Gasteiger partial charge in [-0.15, -0.1) is 0 Å². The van der Waals surface area contributed by atoms with E-state index < -0.39 is 6.04 Å². The number of aromatic nitrogens is 2. The molecule has 0 spiro atoms. The van der Waals surface area contributed by atoms with E-state index in [1.165, 1.54) is 6.42 Å². The third kappa shape index (κ3) is 4.38. The van der Waals surface area contributed by atoms with Crippen molar-refractivity contribution in [3.05, 3.63) is 48.5 Å². The molecule has 3 aromatic rings. The van der Waals surface area contributed by atoms with E-state index in [-0.39, 0.29) is 12.1 Å². The van der Waals surface area contributed by atoms with Crippen LogP contribution in [-0.4, -0.2) is 28.7 Å². The summed E-state index contributed by atoms with van der Waals surface area (Å²) in [5.41, 5.74) is 2.73. The minimum absolute atomic E-state index is 0.0204. The number of hydrogen-bond donors (Lipinski definition) is 0. The highest BCUT2D eigenvalue weighted by molar-refractivity contribution is 5.85. The number of rotatable bonds is 6. The van der Waals surface area contributed by atoms with Gasteiger partial charge in [0, 0.05) is 5.56 Å². The minimum Gasteiger partial charge on any atom is -0.497 e. The summed E-state index contributed by atoms with van der Waals surface area (Å²) < 4.78 is 13.5. The molecule has 32 heavy (non-hydrogen) atoms. The van der Waals surface area contributed by atoms with E-state index in [1.807, 2.05) is 60.0 Å². The minimum atomic E-state index is -0.482. The molecule has 1 aromatic heterocycles. The Morgan fingerprint density at radius 1 is 1.06 bits per heavy atom. The fraction of sp³-hybridized carbons (Fsp3) is 0.481. The maximum atomic E-state index is 13.4. The molecule has 1 heterocycles. The number of ether oxygens (including phenoxy) is 2. The Morgan fingerprint density at radius 3 is 2.47 bits per heavy atom. The van der Waals surface area contributed by atoms with Crippen LogP contribution >= 0.6 is 0 Å². The van der Waals surface area contributed by atoms with E-state index in [4.69, 9.17) is 14.5 Å². The normalized spacial score (nSPS) is 22.1. The monoisotopic (exact) mass is 434 g/mol. The number of fused-ring (bicyclic) bond motifs is 1.